The van der Waals surface area contributed by atoms with E-state index in [2.05, 4.69) is 5.32 Å². The van der Waals surface area contributed by atoms with E-state index in [9.17, 15) is 4.79 Å². The third-order valence-electron chi connectivity index (χ3n) is 0.426. The molecule has 1 N–H and O–H groups in total. The third kappa shape index (κ3) is 10.7. The summed E-state index contributed by atoms with van der Waals surface area (Å²) >= 11 is 0. The first-order valence-electron chi connectivity index (χ1n) is 2.01. The quantitative estimate of drug-likeness (QED) is 0.427. The van der Waals surface area contributed by atoms with Crippen molar-refractivity contribution in [1.82, 2.24) is 5.32 Å². The first kappa shape index (κ1) is 9.84. The second-order valence-electron chi connectivity index (χ2n) is 1.09. The van der Waals surface area contributed by atoms with E-state index in [4.69, 9.17) is 0 Å². The molecule has 0 spiro atoms. The Morgan fingerprint density at radius 1 is 1.71 bits per heavy atom. The highest BCUT2D eigenvalue weighted by Gasteiger charge is 1.78. The molecule has 7 heavy (non-hydrogen) atoms. The van der Waals surface area contributed by atoms with Gasteiger partial charge in [-0.05, 0) is 17.9 Å². The van der Waals surface area contributed by atoms with Crippen LogP contribution < -0.4 is 5.32 Å². The van der Waals surface area contributed by atoms with Gasteiger partial charge in [0.1, 0.15) is 0 Å². The fraction of sp³-hybridized carbons (Fsp3) is 0.750. The van der Waals surface area contributed by atoms with Gasteiger partial charge < -0.3 is 5.32 Å². The molecule has 0 fully saturated rings. The van der Waals surface area contributed by atoms with Gasteiger partial charge in [-0.2, -0.15) is 0 Å². The van der Waals surface area contributed by atoms with Crippen molar-refractivity contribution in [3.63, 3.8) is 0 Å². The summed E-state index contributed by atoms with van der Waals surface area (Å²) in [6, 6.07) is 0. The molecule has 0 heterocycles. The zero-order chi connectivity index (χ0) is 4.99. The Kier molecular flexibility index (Phi) is 8.00. The minimum absolute atomic E-state index is 0. The van der Waals surface area contributed by atoms with Gasteiger partial charge in [-0.15, -0.1) is 0 Å². The first-order valence-corrected chi connectivity index (χ1v) is 2.01. The van der Waals surface area contributed by atoms with Crippen molar-refractivity contribution in [2.45, 2.75) is 13.8 Å². The van der Waals surface area contributed by atoms with Crippen LogP contribution in [0, 0.1) is 0 Å². The highest BCUT2D eigenvalue weighted by molar-refractivity contribution is 5.75. The van der Waals surface area contributed by atoms with Crippen molar-refractivity contribution in [2.24, 2.45) is 0 Å². The van der Waals surface area contributed by atoms with Crippen molar-refractivity contribution in [1.29, 1.82) is 0 Å². The van der Waals surface area contributed by atoms with Crippen LogP contribution in [0.15, 0.2) is 0 Å². The van der Waals surface area contributed by atoms with Crippen LogP contribution in [-0.4, -0.2) is 23.4 Å². The maximum absolute atomic E-state index is 9.93. The molecule has 0 aromatic carbocycles. The number of rotatable bonds is 1. The number of hydrogen-bond donors (Lipinski definition) is 1. The molecule has 0 atom stereocenters. The zero-order valence-corrected chi connectivity index (χ0v) is 4.12. The lowest BCUT2D eigenvalue weighted by Gasteiger charge is -1.88. The summed E-state index contributed by atoms with van der Waals surface area (Å²) in [5.74, 6) is 0.0394. The van der Waals surface area contributed by atoms with Gasteiger partial charge in [0.2, 0.25) is 5.91 Å². The molecule has 0 aromatic heterocycles. The van der Waals surface area contributed by atoms with Crippen molar-refractivity contribution in [3.8, 4) is 0 Å². The molecule has 3 heteroatoms. The Hall–Kier alpha value is -0.313. The second-order valence-corrected chi connectivity index (χ2v) is 1.09. The molecule has 0 aliphatic rings. The van der Waals surface area contributed by atoms with Crippen molar-refractivity contribution in [2.75, 3.05) is 6.54 Å². The van der Waals surface area contributed by atoms with E-state index in [1.165, 1.54) is 6.92 Å². The molecule has 0 radical (unpaired) electrons. The normalized spacial score (nSPS) is 6.57. The Morgan fingerprint density at radius 2 is 2.14 bits per heavy atom. The van der Waals surface area contributed by atoms with Gasteiger partial charge >= 0.3 is 0 Å². The number of hydrogen-bond acceptors (Lipinski definition) is 1. The molecule has 0 unspecified atom stereocenters. The van der Waals surface area contributed by atoms with Crippen LogP contribution in [0.2, 0.25) is 0 Å². The molecule has 2 nitrogen and oxygen atoms in total. The lowest BCUT2D eigenvalue weighted by molar-refractivity contribution is -0.118. The molecule has 0 saturated carbocycles. The SMILES string of the molecule is CCNC(C)=O.[SiH4]. The predicted molar refractivity (Wildman–Crippen MR) is 35.7 cm³/mol. The van der Waals surface area contributed by atoms with E-state index in [0.29, 0.717) is 0 Å². The summed E-state index contributed by atoms with van der Waals surface area (Å²) < 4.78 is 0. The maximum atomic E-state index is 9.93. The van der Waals surface area contributed by atoms with E-state index in [1.54, 1.807) is 0 Å². The standard InChI is InChI=1S/C4H9NO.H4Si/c1-3-5-4(2)6;/h3H2,1-2H3,(H,5,6);1H4. The minimum atomic E-state index is 0. The lowest BCUT2D eigenvalue weighted by Crippen LogP contribution is -2.18. The summed E-state index contributed by atoms with van der Waals surface area (Å²) in [6.45, 7) is 4.13. The fourth-order valence-corrected chi connectivity index (χ4v) is 0.249. The van der Waals surface area contributed by atoms with Crippen molar-refractivity contribution in [3.05, 3.63) is 0 Å². The minimum Gasteiger partial charge on any atom is -0.357 e. The van der Waals surface area contributed by atoms with Crippen LogP contribution in [-0.2, 0) is 4.79 Å². The van der Waals surface area contributed by atoms with Crippen LogP contribution in [0.3, 0.4) is 0 Å². The maximum Gasteiger partial charge on any atom is 0.216 e. The molecule has 0 aliphatic carbocycles. The van der Waals surface area contributed by atoms with Gasteiger partial charge in [-0.25, -0.2) is 0 Å². The Balaban J connectivity index is 0. The van der Waals surface area contributed by atoms with Crippen LogP contribution in [0.25, 0.3) is 0 Å². The number of carbonyl (C=O) groups excluding carboxylic acids is 1. The van der Waals surface area contributed by atoms with E-state index < -0.39 is 0 Å². The molecule has 0 saturated heterocycles. The molecule has 44 valence electrons. The highest BCUT2D eigenvalue weighted by Crippen LogP contribution is 1.54. The average molecular weight is 119 g/mol. The number of carbonyl (C=O) groups is 1. The molecule has 1 amide bonds. The van der Waals surface area contributed by atoms with Gasteiger partial charge in [-0.3, -0.25) is 4.79 Å². The summed E-state index contributed by atoms with van der Waals surface area (Å²) in [7, 11) is 0. The van der Waals surface area contributed by atoms with Crippen molar-refractivity contribution < 1.29 is 4.79 Å². The molecule has 0 bridgehead atoms. The van der Waals surface area contributed by atoms with Crippen LogP contribution in [0.4, 0.5) is 0 Å². The van der Waals surface area contributed by atoms with Crippen LogP contribution in [0.5, 0.6) is 0 Å². The summed E-state index contributed by atoms with van der Waals surface area (Å²) in [5, 5.41) is 2.57. The van der Waals surface area contributed by atoms with Crippen molar-refractivity contribution >= 4 is 16.9 Å². The zero-order valence-electron chi connectivity index (χ0n) is 4.12. The molecular formula is C4H13NOSi. The predicted octanol–water partition coefficient (Wildman–Crippen LogP) is -1.31. The van der Waals surface area contributed by atoms with Gasteiger partial charge in [0, 0.05) is 13.5 Å². The topological polar surface area (TPSA) is 29.1 Å². The smallest absolute Gasteiger partial charge is 0.216 e. The summed E-state index contributed by atoms with van der Waals surface area (Å²) in [5.41, 5.74) is 0. The van der Waals surface area contributed by atoms with Gasteiger partial charge in [0.25, 0.3) is 0 Å². The third-order valence-corrected chi connectivity index (χ3v) is 0.426. The number of amides is 1. The van der Waals surface area contributed by atoms with E-state index >= 15 is 0 Å². The second kappa shape index (κ2) is 5.69. The lowest BCUT2D eigenvalue weighted by atomic mass is 10.6. The molecular weight excluding hydrogens is 106 g/mol. The van der Waals surface area contributed by atoms with Gasteiger partial charge in [0.15, 0.2) is 0 Å². The Bertz CT molecular complexity index is 55.7. The molecule has 0 rings (SSSR count). The van der Waals surface area contributed by atoms with E-state index in [-0.39, 0.29) is 16.9 Å². The monoisotopic (exact) mass is 119 g/mol. The largest absolute Gasteiger partial charge is 0.357 e. The van der Waals surface area contributed by atoms with Gasteiger partial charge in [-0.1, -0.05) is 0 Å². The Morgan fingerprint density at radius 3 is 2.14 bits per heavy atom. The number of nitrogens with one attached hydrogen (secondary N) is 1. The average Bonchev–Trinajstić information content (AvgIpc) is 1.35. The van der Waals surface area contributed by atoms with E-state index in [1.807, 2.05) is 6.92 Å². The molecule has 0 aliphatic heterocycles. The van der Waals surface area contributed by atoms with Crippen LogP contribution >= 0.6 is 0 Å². The highest BCUT2D eigenvalue weighted by atomic mass is 28.1. The summed E-state index contributed by atoms with van der Waals surface area (Å²) in [6.07, 6.45) is 0. The Labute approximate surface area is 48.3 Å². The molecule has 0 aromatic rings. The first-order chi connectivity index (χ1) is 2.77. The van der Waals surface area contributed by atoms with Gasteiger partial charge in [0.05, 0.1) is 0 Å². The fourth-order valence-electron chi connectivity index (χ4n) is 0.249. The van der Waals surface area contributed by atoms with E-state index in [0.717, 1.165) is 6.54 Å². The van der Waals surface area contributed by atoms with Crippen LogP contribution in [0.1, 0.15) is 13.8 Å². The summed E-state index contributed by atoms with van der Waals surface area (Å²) in [4.78, 5) is 9.93.